The topological polar surface area (TPSA) is 92.9 Å². The number of rotatable bonds is 5. The van der Waals surface area contributed by atoms with Crippen LogP contribution in [0.25, 0.3) is 16.9 Å². The molecule has 0 spiro atoms. The lowest BCUT2D eigenvalue weighted by molar-refractivity contribution is -0.137. The first-order valence-corrected chi connectivity index (χ1v) is 12.9. The SMILES string of the molecule is COc1ccc(-c2cnc3ncnn3c2N2CCN(S(=O)(=O)c3ccc(C(F)(F)F)cc3Cl)CC2)cc1. The van der Waals surface area contributed by atoms with Gasteiger partial charge in [0.1, 0.15) is 22.8 Å². The summed E-state index contributed by atoms with van der Waals surface area (Å²) in [4.78, 5) is 10.1. The highest BCUT2D eigenvalue weighted by Gasteiger charge is 2.35. The Morgan fingerprint density at radius 2 is 1.70 bits per heavy atom. The first-order valence-electron chi connectivity index (χ1n) is 11.0. The van der Waals surface area contributed by atoms with E-state index in [1.165, 1.54) is 10.6 Å². The number of fused-ring (bicyclic) bond motifs is 1. The van der Waals surface area contributed by atoms with Crippen LogP contribution in [-0.4, -0.2) is 65.6 Å². The standard InChI is InChI=1S/C23H20ClF3N6O3S/c1-36-17-5-2-15(3-6-17)18-13-28-22-29-14-30-33(22)21(18)31-8-10-32(11-9-31)37(34,35)20-7-4-16(12-19(20)24)23(25,26)27/h2-7,12-14H,8-11H2,1H3. The van der Waals surface area contributed by atoms with Gasteiger partial charge in [0.2, 0.25) is 10.0 Å². The van der Waals surface area contributed by atoms with E-state index < -0.39 is 26.8 Å². The second-order valence-corrected chi connectivity index (χ2v) is 10.5. The van der Waals surface area contributed by atoms with Gasteiger partial charge in [-0.2, -0.15) is 32.1 Å². The molecule has 0 saturated carbocycles. The van der Waals surface area contributed by atoms with Gasteiger partial charge in [0, 0.05) is 37.9 Å². The van der Waals surface area contributed by atoms with Gasteiger partial charge in [0.15, 0.2) is 0 Å². The normalized spacial score (nSPS) is 15.3. The van der Waals surface area contributed by atoms with E-state index in [9.17, 15) is 21.6 Å². The third kappa shape index (κ3) is 4.69. The van der Waals surface area contributed by atoms with Crippen molar-refractivity contribution < 1.29 is 26.3 Å². The van der Waals surface area contributed by atoms with Gasteiger partial charge in [0.25, 0.3) is 5.78 Å². The summed E-state index contributed by atoms with van der Waals surface area (Å²) in [7, 11) is -2.54. The number of sulfonamides is 1. The number of aromatic nitrogens is 4. The molecule has 5 rings (SSSR count). The summed E-state index contributed by atoms with van der Waals surface area (Å²) in [6.45, 7) is 0.750. The minimum atomic E-state index is -4.63. The fourth-order valence-corrected chi connectivity index (χ4v) is 6.15. The van der Waals surface area contributed by atoms with Crippen LogP contribution in [0.4, 0.5) is 19.0 Å². The molecular formula is C23H20ClF3N6O3S. The van der Waals surface area contributed by atoms with E-state index in [1.807, 2.05) is 29.2 Å². The molecule has 0 radical (unpaired) electrons. The Bertz CT molecular complexity index is 1550. The van der Waals surface area contributed by atoms with Gasteiger partial charge >= 0.3 is 6.18 Å². The molecule has 0 N–H and O–H groups in total. The Kier molecular flexibility index (Phi) is 6.46. The molecule has 1 aliphatic heterocycles. The lowest BCUT2D eigenvalue weighted by Crippen LogP contribution is -2.49. The molecule has 2 aromatic heterocycles. The number of hydrogen-bond donors (Lipinski definition) is 0. The third-order valence-corrected chi connectivity index (χ3v) is 8.48. The maximum absolute atomic E-state index is 13.2. The predicted molar refractivity (Wildman–Crippen MR) is 130 cm³/mol. The molecule has 2 aromatic carbocycles. The molecular weight excluding hydrogens is 533 g/mol. The van der Waals surface area contributed by atoms with Crippen LogP contribution in [0.2, 0.25) is 5.02 Å². The number of methoxy groups -OCH3 is 1. The molecule has 3 heterocycles. The number of halogens is 4. The first kappa shape index (κ1) is 25.2. The molecule has 1 aliphatic rings. The van der Waals surface area contributed by atoms with E-state index >= 15 is 0 Å². The minimum absolute atomic E-state index is 0.0836. The molecule has 9 nitrogen and oxygen atoms in total. The number of hydrogen-bond acceptors (Lipinski definition) is 7. The van der Waals surface area contributed by atoms with Crippen LogP contribution in [-0.2, 0) is 16.2 Å². The Morgan fingerprint density at radius 3 is 2.32 bits per heavy atom. The Balaban J connectivity index is 1.43. The Labute approximate surface area is 215 Å². The largest absolute Gasteiger partial charge is 0.497 e. The molecule has 0 unspecified atom stereocenters. The quantitative estimate of drug-likeness (QED) is 0.370. The molecule has 0 bridgehead atoms. The number of nitrogens with zero attached hydrogens (tertiary/aromatic N) is 6. The number of benzene rings is 2. The molecule has 0 aliphatic carbocycles. The average molecular weight is 553 g/mol. The maximum Gasteiger partial charge on any atom is 0.416 e. The van der Waals surface area contributed by atoms with Gasteiger partial charge in [-0.1, -0.05) is 23.7 Å². The maximum atomic E-state index is 13.2. The molecule has 0 amide bonds. The van der Waals surface area contributed by atoms with Crippen LogP contribution >= 0.6 is 11.6 Å². The fraction of sp³-hybridized carbons (Fsp3) is 0.261. The van der Waals surface area contributed by atoms with Crippen LogP contribution in [0.15, 0.2) is 59.9 Å². The molecule has 1 fully saturated rings. The van der Waals surface area contributed by atoms with E-state index in [2.05, 4.69) is 15.1 Å². The van der Waals surface area contributed by atoms with Crippen molar-refractivity contribution in [2.45, 2.75) is 11.1 Å². The van der Waals surface area contributed by atoms with Crippen molar-refractivity contribution in [3.05, 3.63) is 65.6 Å². The second-order valence-electron chi connectivity index (χ2n) is 8.23. The van der Waals surface area contributed by atoms with Crippen molar-refractivity contribution in [3.8, 4) is 16.9 Å². The van der Waals surface area contributed by atoms with Gasteiger partial charge in [-0.05, 0) is 35.9 Å². The lowest BCUT2D eigenvalue weighted by Gasteiger charge is -2.36. The number of ether oxygens (including phenoxy) is 1. The monoisotopic (exact) mass is 552 g/mol. The van der Waals surface area contributed by atoms with Crippen molar-refractivity contribution in [3.63, 3.8) is 0 Å². The molecule has 0 atom stereocenters. The highest BCUT2D eigenvalue weighted by atomic mass is 35.5. The molecule has 14 heteroatoms. The third-order valence-electron chi connectivity index (χ3n) is 6.10. The highest BCUT2D eigenvalue weighted by molar-refractivity contribution is 7.89. The van der Waals surface area contributed by atoms with Gasteiger partial charge in [-0.15, -0.1) is 0 Å². The lowest BCUT2D eigenvalue weighted by atomic mass is 10.1. The predicted octanol–water partition coefficient (Wildman–Crippen LogP) is 3.98. The summed E-state index contributed by atoms with van der Waals surface area (Å²) in [6.07, 6.45) is -1.56. The second kappa shape index (κ2) is 9.47. The van der Waals surface area contributed by atoms with Gasteiger partial charge in [-0.3, -0.25) is 0 Å². The summed E-state index contributed by atoms with van der Waals surface area (Å²) in [6, 6.07) is 9.66. The van der Waals surface area contributed by atoms with Crippen LogP contribution in [0.3, 0.4) is 0 Å². The van der Waals surface area contributed by atoms with Crippen LogP contribution in [0.5, 0.6) is 5.75 Å². The first-order chi connectivity index (χ1) is 17.6. The Morgan fingerprint density at radius 1 is 1.00 bits per heavy atom. The zero-order chi connectivity index (χ0) is 26.4. The summed E-state index contributed by atoms with van der Waals surface area (Å²) in [5.41, 5.74) is 0.608. The average Bonchev–Trinajstić information content (AvgIpc) is 3.36. The van der Waals surface area contributed by atoms with Crippen molar-refractivity contribution in [1.82, 2.24) is 23.9 Å². The molecule has 37 heavy (non-hydrogen) atoms. The van der Waals surface area contributed by atoms with Gasteiger partial charge in [0.05, 0.1) is 17.7 Å². The summed E-state index contributed by atoms with van der Waals surface area (Å²) in [5.74, 6) is 1.77. The molecule has 1 saturated heterocycles. The Hall–Kier alpha value is -3.42. The number of alkyl halides is 3. The zero-order valence-electron chi connectivity index (χ0n) is 19.4. The van der Waals surface area contributed by atoms with E-state index in [0.717, 1.165) is 17.2 Å². The van der Waals surface area contributed by atoms with Crippen molar-refractivity contribution >= 4 is 33.2 Å². The van der Waals surface area contributed by atoms with Crippen LogP contribution in [0, 0.1) is 0 Å². The zero-order valence-corrected chi connectivity index (χ0v) is 20.9. The highest BCUT2D eigenvalue weighted by Crippen LogP contribution is 2.36. The van der Waals surface area contributed by atoms with Crippen LogP contribution < -0.4 is 9.64 Å². The summed E-state index contributed by atoms with van der Waals surface area (Å²) >= 11 is 5.98. The van der Waals surface area contributed by atoms with Gasteiger partial charge < -0.3 is 9.64 Å². The minimum Gasteiger partial charge on any atom is -0.497 e. The van der Waals surface area contributed by atoms with E-state index in [0.29, 0.717) is 42.6 Å². The van der Waals surface area contributed by atoms with Gasteiger partial charge in [-0.25, -0.2) is 13.4 Å². The van der Waals surface area contributed by atoms with E-state index in [1.54, 1.807) is 17.8 Å². The fourth-order valence-electron chi connectivity index (χ4n) is 4.21. The smallest absolute Gasteiger partial charge is 0.416 e. The van der Waals surface area contributed by atoms with Crippen molar-refractivity contribution in [2.24, 2.45) is 0 Å². The van der Waals surface area contributed by atoms with E-state index in [-0.39, 0.29) is 18.0 Å². The molecule has 194 valence electrons. The molecule has 4 aromatic rings. The number of piperazine rings is 1. The summed E-state index contributed by atoms with van der Waals surface area (Å²) in [5, 5.41) is 3.83. The summed E-state index contributed by atoms with van der Waals surface area (Å²) < 4.78 is 73.5. The van der Waals surface area contributed by atoms with Crippen molar-refractivity contribution in [1.29, 1.82) is 0 Å². The van der Waals surface area contributed by atoms with E-state index in [4.69, 9.17) is 16.3 Å². The number of anilines is 1. The van der Waals surface area contributed by atoms with Crippen LogP contribution in [0.1, 0.15) is 5.56 Å². The van der Waals surface area contributed by atoms with Crippen molar-refractivity contribution in [2.75, 3.05) is 38.2 Å².